The Bertz CT molecular complexity index is 442. The van der Waals surface area contributed by atoms with Gasteiger partial charge in [-0.2, -0.15) is 0 Å². The van der Waals surface area contributed by atoms with Crippen molar-refractivity contribution in [3.05, 3.63) is 18.2 Å². The Morgan fingerprint density at radius 1 is 1.50 bits per heavy atom. The number of nitrogens with zero attached hydrogens (tertiary/aromatic N) is 2. The number of imidazole rings is 1. The number of aryl methyl sites for hydroxylation is 1. The third kappa shape index (κ3) is 4.91. The zero-order chi connectivity index (χ0) is 14.4. The normalized spacial score (nSPS) is 14.0. The van der Waals surface area contributed by atoms with Gasteiger partial charge in [-0.1, -0.05) is 0 Å². The number of carbonyl (C=O) groups is 2. The highest BCUT2D eigenvalue weighted by atomic mass is 16.4. The summed E-state index contributed by atoms with van der Waals surface area (Å²) >= 11 is 0. The van der Waals surface area contributed by atoms with E-state index in [4.69, 9.17) is 5.11 Å². The van der Waals surface area contributed by atoms with Gasteiger partial charge in [-0.05, 0) is 25.2 Å². The van der Waals surface area contributed by atoms with E-state index in [1.807, 2.05) is 0 Å². The van der Waals surface area contributed by atoms with Gasteiger partial charge in [-0.25, -0.2) is 9.78 Å². The predicted octanol–water partition coefficient (Wildman–Crippen LogP) is 0.848. The van der Waals surface area contributed by atoms with E-state index in [1.165, 1.54) is 4.90 Å². The van der Waals surface area contributed by atoms with Gasteiger partial charge >= 0.3 is 12.0 Å². The summed E-state index contributed by atoms with van der Waals surface area (Å²) in [6, 6.07) is -0.293. The largest absolute Gasteiger partial charge is 0.480 e. The van der Waals surface area contributed by atoms with Crippen LogP contribution in [0.15, 0.2) is 12.4 Å². The number of urea groups is 1. The fourth-order valence-corrected chi connectivity index (χ4v) is 1.99. The molecule has 1 aromatic heterocycles. The van der Waals surface area contributed by atoms with E-state index in [-0.39, 0.29) is 12.6 Å². The van der Waals surface area contributed by atoms with Crippen molar-refractivity contribution in [1.29, 1.82) is 0 Å². The maximum Gasteiger partial charge on any atom is 0.323 e. The number of rotatable bonds is 8. The van der Waals surface area contributed by atoms with Crippen molar-refractivity contribution >= 4 is 12.0 Å². The molecule has 0 aromatic carbocycles. The summed E-state index contributed by atoms with van der Waals surface area (Å²) in [4.78, 5) is 31.2. The number of hydrogen-bond donors (Lipinski definition) is 3. The van der Waals surface area contributed by atoms with Gasteiger partial charge in [-0.3, -0.25) is 4.79 Å². The number of carbonyl (C=O) groups excluding carboxylic acids is 1. The first kappa shape index (κ1) is 14.4. The van der Waals surface area contributed by atoms with Gasteiger partial charge in [0.15, 0.2) is 0 Å². The first-order chi connectivity index (χ1) is 9.65. The maximum absolute atomic E-state index is 11.9. The number of nitrogens with one attached hydrogen (secondary N) is 2. The molecule has 2 amide bonds. The van der Waals surface area contributed by atoms with Crippen LogP contribution in [0.5, 0.6) is 0 Å². The number of aromatic nitrogens is 2. The summed E-state index contributed by atoms with van der Waals surface area (Å²) in [5, 5.41) is 11.6. The quantitative estimate of drug-likeness (QED) is 0.615. The van der Waals surface area contributed by atoms with Crippen LogP contribution in [0.2, 0.25) is 0 Å². The molecule has 0 unspecified atom stereocenters. The van der Waals surface area contributed by atoms with E-state index >= 15 is 0 Å². The number of hydrogen-bond acceptors (Lipinski definition) is 3. The lowest BCUT2D eigenvalue weighted by atomic mass is 10.3. The third-order valence-electron chi connectivity index (χ3n) is 3.21. The zero-order valence-electron chi connectivity index (χ0n) is 11.3. The summed E-state index contributed by atoms with van der Waals surface area (Å²) in [5.41, 5.74) is 0. The second-order valence-electron chi connectivity index (χ2n) is 5.09. The van der Waals surface area contributed by atoms with Crippen molar-refractivity contribution in [2.24, 2.45) is 5.92 Å². The van der Waals surface area contributed by atoms with Gasteiger partial charge < -0.3 is 20.3 Å². The minimum atomic E-state index is -0.976. The standard InChI is InChI=1S/C13H20N4O3/c18-12(19)9-17(8-10-3-4-10)13(20)16-5-1-2-11-14-6-7-15-11/h6-7,10H,1-5,8-9H2,(H,14,15)(H,16,20)(H,18,19). The van der Waals surface area contributed by atoms with Gasteiger partial charge in [0.05, 0.1) is 0 Å². The Morgan fingerprint density at radius 3 is 2.90 bits per heavy atom. The van der Waals surface area contributed by atoms with Crippen molar-refractivity contribution in [3.8, 4) is 0 Å². The Labute approximate surface area is 117 Å². The van der Waals surface area contributed by atoms with E-state index in [9.17, 15) is 9.59 Å². The molecule has 20 heavy (non-hydrogen) atoms. The Kier molecular flexibility index (Phi) is 4.97. The molecular weight excluding hydrogens is 260 g/mol. The molecule has 3 N–H and O–H groups in total. The van der Waals surface area contributed by atoms with Gasteiger partial charge in [0, 0.05) is 31.9 Å². The van der Waals surface area contributed by atoms with Crippen molar-refractivity contribution in [1.82, 2.24) is 20.2 Å². The molecule has 2 rings (SSSR count). The molecule has 1 saturated carbocycles. The second-order valence-corrected chi connectivity index (χ2v) is 5.09. The van der Waals surface area contributed by atoms with E-state index in [0.717, 1.165) is 31.5 Å². The molecule has 7 heteroatoms. The maximum atomic E-state index is 11.9. The minimum Gasteiger partial charge on any atom is -0.480 e. The molecule has 1 heterocycles. The zero-order valence-corrected chi connectivity index (χ0v) is 11.3. The molecule has 1 aliphatic carbocycles. The average molecular weight is 280 g/mol. The summed E-state index contributed by atoms with van der Waals surface area (Å²) in [7, 11) is 0. The molecule has 0 radical (unpaired) electrons. The van der Waals surface area contributed by atoms with E-state index < -0.39 is 5.97 Å². The third-order valence-corrected chi connectivity index (χ3v) is 3.21. The fraction of sp³-hybridized carbons (Fsp3) is 0.615. The lowest BCUT2D eigenvalue weighted by molar-refractivity contribution is -0.137. The molecule has 0 bridgehead atoms. The Morgan fingerprint density at radius 2 is 2.30 bits per heavy atom. The van der Waals surface area contributed by atoms with Gasteiger partial charge in [-0.15, -0.1) is 0 Å². The number of aliphatic carboxylic acids is 1. The average Bonchev–Trinajstić information content (AvgIpc) is 3.06. The summed E-state index contributed by atoms with van der Waals surface area (Å²) in [6.45, 7) is 0.817. The van der Waals surface area contributed by atoms with Crippen LogP contribution in [0.3, 0.4) is 0 Å². The van der Waals surface area contributed by atoms with Crippen LogP contribution in [0.4, 0.5) is 4.79 Å². The molecule has 0 spiro atoms. The van der Waals surface area contributed by atoms with Crippen LogP contribution in [-0.2, 0) is 11.2 Å². The summed E-state index contributed by atoms with van der Waals surface area (Å²) in [6.07, 6.45) is 7.15. The second kappa shape index (κ2) is 6.93. The molecule has 1 aromatic rings. The molecule has 7 nitrogen and oxygen atoms in total. The van der Waals surface area contributed by atoms with Crippen LogP contribution in [-0.4, -0.2) is 51.6 Å². The SMILES string of the molecule is O=C(O)CN(CC1CC1)C(=O)NCCCc1ncc[nH]1. The predicted molar refractivity (Wildman–Crippen MR) is 72.2 cm³/mol. The molecule has 110 valence electrons. The first-order valence-electron chi connectivity index (χ1n) is 6.88. The van der Waals surface area contributed by atoms with Crippen molar-refractivity contribution in [2.75, 3.05) is 19.6 Å². The Balaban J connectivity index is 1.68. The topological polar surface area (TPSA) is 98.3 Å². The van der Waals surface area contributed by atoms with Crippen LogP contribution < -0.4 is 5.32 Å². The van der Waals surface area contributed by atoms with Crippen LogP contribution in [0.25, 0.3) is 0 Å². The number of H-pyrrole nitrogens is 1. The van der Waals surface area contributed by atoms with Gasteiger partial charge in [0.2, 0.25) is 0 Å². The van der Waals surface area contributed by atoms with Crippen LogP contribution in [0, 0.1) is 5.92 Å². The van der Waals surface area contributed by atoms with Gasteiger partial charge in [0.1, 0.15) is 12.4 Å². The number of aromatic amines is 1. The molecule has 1 aliphatic rings. The minimum absolute atomic E-state index is 0.236. The molecule has 1 fully saturated rings. The smallest absolute Gasteiger partial charge is 0.323 e. The highest BCUT2D eigenvalue weighted by Crippen LogP contribution is 2.29. The van der Waals surface area contributed by atoms with E-state index in [2.05, 4.69) is 15.3 Å². The summed E-state index contributed by atoms with van der Waals surface area (Å²) < 4.78 is 0. The van der Waals surface area contributed by atoms with Crippen LogP contribution in [0.1, 0.15) is 25.1 Å². The lowest BCUT2D eigenvalue weighted by Crippen LogP contribution is -2.44. The van der Waals surface area contributed by atoms with Gasteiger partial charge in [0.25, 0.3) is 0 Å². The van der Waals surface area contributed by atoms with Crippen molar-refractivity contribution < 1.29 is 14.7 Å². The monoisotopic (exact) mass is 280 g/mol. The van der Waals surface area contributed by atoms with Crippen LogP contribution >= 0.6 is 0 Å². The van der Waals surface area contributed by atoms with Crippen molar-refractivity contribution in [2.45, 2.75) is 25.7 Å². The highest BCUT2D eigenvalue weighted by molar-refractivity contribution is 5.80. The number of carboxylic acid groups (broad SMARTS) is 1. The molecule has 0 saturated heterocycles. The number of amides is 2. The first-order valence-corrected chi connectivity index (χ1v) is 6.88. The highest BCUT2D eigenvalue weighted by Gasteiger charge is 2.27. The summed E-state index contributed by atoms with van der Waals surface area (Å²) in [5.74, 6) is 0.388. The molecular formula is C13H20N4O3. The molecule has 0 atom stereocenters. The number of carboxylic acids is 1. The fourth-order valence-electron chi connectivity index (χ4n) is 1.99. The molecule has 0 aliphatic heterocycles. The van der Waals surface area contributed by atoms with E-state index in [1.54, 1.807) is 12.4 Å². The Hall–Kier alpha value is -2.05. The van der Waals surface area contributed by atoms with E-state index in [0.29, 0.717) is 19.0 Å². The lowest BCUT2D eigenvalue weighted by Gasteiger charge is -2.20. The van der Waals surface area contributed by atoms with Crippen molar-refractivity contribution in [3.63, 3.8) is 0 Å².